The highest BCUT2D eigenvalue weighted by atomic mass is 16.4. The van der Waals surface area contributed by atoms with Gasteiger partial charge in [0.15, 0.2) is 0 Å². The molecule has 0 heterocycles. The maximum Gasteiger partial charge on any atom is 0.247 e. The number of hydrogen-bond acceptors (Lipinski definition) is 8. The Morgan fingerprint density at radius 1 is 1.11 bits per heavy atom. The molecule has 5 atom stereocenters. The average molecular weight is 282 g/mol. The average Bonchev–Trinajstić information content (AvgIpc) is 2.41. The third-order valence-corrected chi connectivity index (χ3v) is 3.56. The molecule has 7 N–H and O–H groups in total. The summed E-state index contributed by atoms with van der Waals surface area (Å²) in [7, 11) is 0. The topological polar surface area (TPSA) is 162 Å². The lowest BCUT2D eigenvalue weighted by atomic mass is 9.76. The third kappa shape index (κ3) is 2.92. The van der Waals surface area contributed by atoms with Crippen molar-refractivity contribution < 1.29 is 40.5 Å². The van der Waals surface area contributed by atoms with E-state index in [1.807, 2.05) is 0 Å². The van der Waals surface area contributed by atoms with E-state index in [0.29, 0.717) is 0 Å². The number of nitrogens with zero attached hydrogens (tertiary/aromatic N) is 1. The molecule has 0 saturated heterocycles. The Morgan fingerprint density at radius 2 is 1.63 bits per heavy atom. The molecular weight excluding hydrogens is 262 g/mol. The van der Waals surface area contributed by atoms with Crippen molar-refractivity contribution in [3.05, 3.63) is 4.91 Å². The van der Waals surface area contributed by atoms with Gasteiger partial charge in [0.05, 0.1) is 13.0 Å². The Bertz CT molecular complexity index is 323. The number of hydrogen-bond donors (Lipinski definition) is 7. The van der Waals surface area contributed by atoms with Crippen molar-refractivity contribution in [3.63, 3.8) is 0 Å². The molecule has 0 amide bonds. The first-order chi connectivity index (χ1) is 8.82. The van der Waals surface area contributed by atoms with Gasteiger partial charge in [-0.3, -0.25) is 0 Å². The molecule has 1 fully saturated rings. The van der Waals surface area contributed by atoms with E-state index in [1.165, 1.54) is 0 Å². The molecule has 19 heavy (non-hydrogen) atoms. The number of nitroso groups, excluding NO2 is 1. The summed E-state index contributed by atoms with van der Waals surface area (Å²) in [5, 5.41) is 65.7. The Hall–Kier alpha value is -0.680. The van der Waals surface area contributed by atoms with E-state index in [-0.39, 0.29) is 4.76 Å². The molecule has 0 radical (unpaired) electrons. The lowest BCUT2D eigenvalue weighted by molar-refractivity contribution is -0.641. The summed E-state index contributed by atoms with van der Waals surface area (Å²) in [5.41, 5.74) is -2.14. The molecule has 1 rings (SSSR count). The molecule has 0 aromatic rings. The first-order valence-electron chi connectivity index (χ1n) is 5.87. The second-order valence-corrected chi connectivity index (χ2v) is 4.84. The standard InChI is InChI=1S/C10H20NO8/c12-2-5(3-13)11(19)6-1-10(18,4-14)9(17)8(16)7(6)15/h5-9,12-18H,1-4H2/q+1/t6-,7-,8+,9-,10-/m0/s1. The third-order valence-electron chi connectivity index (χ3n) is 3.56. The molecular formula is C10H20NO8+. The van der Waals surface area contributed by atoms with Crippen LogP contribution in [-0.2, 0) is 0 Å². The lowest BCUT2D eigenvalue weighted by Crippen LogP contribution is -2.67. The monoisotopic (exact) mass is 282 g/mol. The van der Waals surface area contributed by atoms with Gasteiger partial charge in [0, 0.05) is 9.67 Å². The van der Waals surface area contributed by atoms with E-state index < -0.39 is 62.2 Å². The summed E-state index contributed by atoms with van der Waals surface area (Å²) in [6.07, 6.45) is -5.83. The zero-order valence-corrected chi connectivity index (χ0v) is 10.2. The van der Waals surface area contributed by atoms with Gasteiger partial charge in [0.2, 0.25) is 12.1 Å². The van der Waals surface area contributed by atoms with Gasteiger partial charge in [0.25, 0.3) is 0 Å². The summed E-state index contributed by atoms with van der Waals surface area (Å²) < 4.78 is 0.167. The lowest BCUT2D eigenvalue weighted by Gasteiger charge is -2.42. The first-order valence-corrected chi connectivity index (χ1v) is 5.87. The molecule has 0 bridgehead atoms. The van der Waals surface area contributed by atoms with Crippen molar-refractivity contribution in [1.82, 2.24) is 0 Å². The van der Waals surface area contributed by atoms with Gasteiger partial charge in [-0.05, 0) is 0 Å². The summed E-state index contributed by atoms with van der Waals surface area (Å²) in [5.74, 6) is 0. The van der Waals surface area contributed by atoms with Crippen LogP contribution >= 0.6 is 0 Å². The molecule has 0 aromatic heterocycles. The van der Waals surface area contributed by atoms with Crippen LogP contribution in [0.2, 0.25) is 0 Å². The van der Waals surface area contributed by atoms with Gasteiger partial charge in [-0.2, -0.15) is 0 Å². The van der Waals surface area contributed by atoms with Gasteiger partial charge in [-0.15, -0.1) is 0 Å². The van der Waals surface area contributed by atoms with Gasteiger partial charge in [-0.25, -0.2) is 0 Å². The van der Waals surface area contributed by atoms with Crippen molar-refractivity contribution in [2.75, 3.05) is 19.8 Å². The van der Waals surface area contributed by atoms with Crippen molar-refractivity contribution in [2.45, 2.75) is 42.4 Å². The normalized spacial score (nSPS) is 39.6. The molecule has 9 heteroatoms. The molecule has 1 aliphatic carbocycles. The van der Waals surface area contributed by atoms with Crippen molar-refractivity contribution in [1.29, 1.82) is 0 Å². The van der Waals surface area contributed by atoms with Crippen LogP contribution in [-0.4, -0.2) is 96.3 Å². The summed E-state index contributed by atoms with van der Waals surface area (Å²) >= 11 is 0. The Kier molecular flexibility index (Phi) is 5.33. The minimum atomic E-state index is -2.14. The zero-order valence-electron chi connectivity index (χ0n) is 10.2. The molecule has 1 saturated carbocycles. The van der Waals surface area contributed by atoms with E-state index in [2.05, 4.69) is 0 Å². The van der Waals surface area contributed by atoms with Crippen LogP contribution in [0.1, 0.15) is 6.42 Å². The van der Waals surface area contributed by atoms with E-state index in [0.717, 1.165) is 0 Å². The molecule has 0 aromatic carbocycles. The summed E-state index contributed by atoms with van der Waals surface area (Å²) in [4.78, 5) is 11.9. The van der Waals surface area contributed by atoms with Crippen molar-refractivity contribution in [2.24, 2.45) is 0 Å². The second-order valence-electron chi connectivity index (χ2n) is 4.84. The van der Waals surface area contributed by atoms with Crippen LogP contribution in [0, 0.1) is 4.91 Å². The zero-order chi connectivity index (χ0) is 14.8. The van der Waals surface area contributed by atoms with Crippen LogP contribution in [0.15, 0.2) is 0 Å². The van der Waals surface area contributed by atoms with Gasteiger partial charge < -0.3 is 35.7 Å². The summed E-state index contributed by atoms with van der Waals surface area (Å²) in [6, 6.07) is -2.61. The Labute approximate surface area is 108 Å². The smallest absolute Gasteiger partial charge is 0.247 e. The predicted octanol–water partition coefficient (Wildman–Crippen LogP) is -4.30. The molecule has 9 nitrogen and oxygen atoms in total. The fourth-order valence-corrected chi connectivity index (χ4v) is 2.22. The highest BCUT2D eigenvalue weighted by Gasteiger charge is 2.57. The van der Waals surface area contributed by atoms with E-state index >= 15 is 0 Å². The van der Waals surface area contributed by atoms with Gasteiger partial charge in [-0.1, -0.05) is 0 Å². The van der Waals surface area contributed by atoms with Gasteiger partial charge >= 0.3 is 0 Å². The van der Waals surface area contributed by atoms with E-state index in [9.17, 15) is 25.3 Å². The maximum absolute atomic E-state index is 11.9. The maximum atomic E-state index is 11.9. The Balaban J connectivity index is 2.97. The predicted molar refractivity (Wildman–Crippen MR) is 60.0 cm³/mol. The number of aliphatic hydroxyl groups is 7. The minimum absolute atomic E-state index is 0.167. The molecule has 0 spiro atoms. The van der Waals surface area contributed by atoms with Crippen LogP contribution in [0.4, 0.5) is 0 Å². The molecule has 0 unspecified atom stereocenters. The SMILES string of the molecule is O=[N+](C(CO)CO)[C@H]1C[C@](O)(CO)[C@@H](O)[C@H](O)[C@H]1O. The second kappa shape index (κ2) is 6.18. The van der Waals surface area contributed by atoms with E-state index in [1.54, 1.807) is 0 Å². The number of rotatable bonds is 5. The molecule has 1 aliphatic rings. The Morgan fingerprint density at radius 3 is 2.05 bits per heavy atom. The largest absolute Gasteiger partial charge is 0.393 e. The fourth-order valence-electron chi connectivity index (χ4n) is 2.22. The molecule has 112 valence electrons. The fraction of sp³-hybridized carbons (Fsp3) is 1.00. The molecule has 0 aliphatic heterocycles. The van der Waals surface area contributed by atoms with Gasteiger partial charge in [0.1, 0.15) is 37.1 Å². The van der Waals surface area contributed by atoms with Crippen molar-refractivity contribution >= 4 is 0 Å². The minimum Gasteiger partial charge on any atom is -0.393 e. The van der Waals surface area contributed by atoms with Crippen LogP contribution in [0.3, 0.4) is 0 Å². The highest BCUT2D eigenvalue weighted by molar-refractivity contribution is 5.02. The van der Waals surface area contributed by atoms with E-state index in [4.69, 9.17) is 15.3 Å². The summed E-state index contributed by atoms with van der Waals surface area (Å²) in [6.45, 7) is -2.27. The first kappa shape index (κ1) is 16.4. The quantitative estimate of drug-likeness (QED) is 0.249. The highest BCUT2D eigenvalue weighted by Crippen LogP contribution is 2.31. The number of aliphatic hydroxyl groups excluding tert-OH is 6. The van der Waals surface area contributed by atoms with Crippen molar-refractivity contribution in [3.8, 4) is 0 Å². The van der Waals surface area contributed by atoms with Crippen LogP contribution in [0.5, 0.6) is 0 Å². The van der Waals surface area contributed by atoms with Crippen LogP contribution in [0.25, 0.3) is 0 Å². The van der Waals surface area contributed by atoms with Crippen LogP contribution < -0.4 is 0 Å².